The van der Waals surface area contributed by atoms with Crippen LogP contribution in [0.5, 0.6) is 0 Å². The molecule has 0 atom stereocenters. The Balaban J connectivity index is 2.90. The lowest BCUT2D eigenvalue weighted by molar-refractivity contribution is -0.121. The summed E-state index contributed by atoms with van der Waals surface area (Å²) in [5.41, 5.74) is 9.93. The van der Waals surface area contributed by atoms with Crippen molar-refractivity contribution in [1.29, 1.82) is 0 Å². The minimum atomic E-state index is -0.00690. The van der Waals surface area contributed by atoms with Gasteiger partial charge in [0.2, 0.25) is 5.91 Å². The van der Waals surface area contributed by atoms with E-state index in [1.54, 1.807) is 7.05 Å². The second kappa shape index (κ2) is 4.94. The fourth-order valence-electron chi connectivity index (χ4n) is 1.83. The molecule has 1 aromatic carbocycles. The third-order valence-corrected chi connectivity index (χ3v) is 2.44. The lowest BCUT2D eigenvalue weighted by atomic mass is 9.97. The Kier molecular flexibility index (Phi) is 3.86. The van der Waals surface area contributed by atoms with Crippen LogP contribution in [-0.4, -0.2) is 13.0 Å². The summed E-state index contributed by atoms with van der Waals surface area (Å²) in [5, 5.41) is 0. The molecule has 0 saturated heterocycles. The molecule has 0 saturated carbocycles. The van der Waals surface area contributed by atoms with Gasteiger partial charge in [0.15, 0.2) is 0 Å². The molecule has 1 rings (SSSR count). The Hall–Kier alpha value is -1.35. The first-order valence-electron chi connectivity index (χ1n) is 5.07. The molecule has 0 unspecified atom stereocenters. The number of benzene rings is 1. The van der Waals surface area contributed by atoms with Gasteiger partial charge in [0.1, 0.15) is 0 Å². The van der Waals surface area contributed by atoms with Crippen molar-refractivity contribution in [3.05, 3.63) is 34.4 Å². The van der Waals surface area contributed by atoms with Crippen molar-refractivity contribution in [3.63, 3.8) is 0 Å². The smallest absolute Gasteiger partial charge is 0.238 e. The third kappa shape index (κ3) is 3.06. The molecule has 0 fully saturated rings. The average molecular weight is 206 g/mol. The average Bonchev–Trinajstić information content (AvgIpc) is 2.11. The molecule has 0 aliphatic rings. The summed E-state index contributed by atoms with van der Waals surface area (Å²) in [6.07, 6.45) is 0.429. The van der Waals surface area contributed by atoms with E-state index in [9.17, 15) is 4.79 Å². The molecule has 0 radical (unpaired) electrons. The monoisotopic (exact) mass is 206 g/mol. The van der Waals surface area contributed by atoms with Gasteiger partial charge in [-0.3, -0.25) is 10.2 Å². The fraction of sp³-hybridized carbons (Fsp3) is 0.417. The van der Waals surface area contributed by atoms with E-state index in [4.69, 9.17) is 0 Å². The number of nitrogens with one attached hydrogen (secondary N) is 2. The molecule has 15 heavy (non-hydrogen) atoms. The predicted octanol–water partition coefficient (Wildman–Crippen LogP) is 1.40. The van der Waals surface area contributed by atoms with Crippen LogP contribution in [-0.2, 0) is 11.2 Å². The van der Waals surface area contributed by atoms with E-state index < -0.39 is 0 Å². The van der Waals surface area contributed by atoms with Crippen LogP contribution in [0.1, 0.15) is 22.3 Å². The van der Waals surface area contributed by atoms with Crippen molar-refractivity contribution in [2.45, 2.75) is 27.2 Å². The first-order chi connectivity index (χ1) is 7.04. The van der Waals surface area contributed by atoms with Crippen molar-refractivity contribution in [3.8, 4) is 0 Å². The topological polar surface area (TPSA) is 41.1 Å². The largest absolute Gasteiger partial charge is 0.292 e. The molecule has 1 aromatic rings. The summed E-state index contributed by atoms with van der Waals surface area (Å²) >= 11 is 0. The van der Waals surface area contributed by atoms with Gasteiger partial charge in [-0.15, -0.1) is 0 Å². The van der Waals surface area contributed by atoms with Gasteiger partial charge >= 0.3 is 0 Å². The highest BCUT2D eigenvalue weighted by Crippen LogP contribution is 2.16. The molecule has 0 heterocycles. The summed E-state index contributed by atoms with van der Waals surface area (Å²) in [6, 6.07) is 4.21. The Labute approximate surface area is 90.9 Å². The Morgan fingerprint density at radius 1 is 1.20 bits per heavy atom. The Bertz CT molecular complexity index is 349. The molecule has 3 heteroatoms. The van der Waals surface area contributed by atoms with Gasteiger partial charge in [0.25, 0.3) is 0 Å². The molecule has 0 aliphatic heterocycles. The Morgan fingerprint density at radius 3 is 2.20 bits per heavy atom. The van der Waals surface area contributed by atoms with Gasteiger partial charge in [-0.2, -0.15) is 0 Å². The molecule has 3 nitrogen and oxygen atoms in total. The van der Waals surface area contributed by atoms with E-state index in [0.717, 1.165) is 5.56 Å². The molecule has 0 bridgehead atoms. The zero-order valence-electron chi connectivity index (χ0n) is 9.77. The molecule has 82 valence electrons. The predicted molar refractivity (Wildman–Crippen MR) is 61.6 cm³/mol. The summed E-state index contributed by atoms with van der Waals surface area (Å²) < 4.78 is 0. The number of rotatable bonds is 3. The maximum Gasteiger partial charge on any atom is 0.238 e. The van der Waals surface area contributed by atoms with Crippen molar-refractivity contribution in [1.82, 2.24) is 10.9 Å². The molecule has 0 aliphatic carbocycles. The van der Waals surface area contributed by atoms with E-state index in [1.807, 2.05) is 13.8 Å². The quantitative estimate of drug-likeness (QED) is 0.734. The van der Waals surface area contributed by atoms with E-state index in [2.05, 4.69) is 29.9 Å². The van der Waals surface area contributed by atoms with E-state index in [1.165, 1.54) is 16.7 Å². The van der Waals surface area contributed by atoms with Crippen LogP contribution in [0.4, 0.5) is 0 Å². The number of carbonyl (C=O) groups is 1. The molecular weight excluding hydrogens is 188 g/mol. The first-order valence-corrected chi connectivity index (χ1v) is 5.07. The first kappa shape index (κ1) is 11.7. The lowest BCUT2D eigenvalue weighted by Gasteiger charge is -2.11. The van der Waals surface area contributed by atoms with Crippen molar-refractivity contribution in [2.75, 3.05) is 7.05 Å². The van der Waals surface area contributed by atoms with Crippen LogP contribution in [0.2, 0.25) is 0 Å². The Morgan fingerprint density at radius 2 is 1.73 bits per heavy atom. The zero-order valence-corrected chi connectivity index (χ0v) is 9.77. The van der Waals surface area contributed by atoms with Gasteiger partial charge in [0.05, 0.1) is 6.42 Å². The summed E-state index contributed by atoms with van der Waals surface area (Å²) in [7, 11) is 1.69. The second-order valence-corrected chi connectivity index (χ2v) is 3.85. The SMILES string of the molecule is CNNC(=O)Cc1c(C)cc(C)cc1C. The number of carbonyl (C=O) groups excluding carboxylic acids is 1. The van der Waals surface area contributed by atoms with E-state index in [0.29, 0.717) is 6.42 Å². The number of amides is 1. The second-order valence-electron chi connectivity index (χ2n) is 3.85. The van der Waals surface area contributed by atoms with E-state index in [-0.39, 0.29) is 5.91 Å². The minimum absolute atomic E-state index is 0.00690. The van der Waals surface area contributed by atoms with Crippen LogP contribution in [0, 0.1) is 20.8 Å². The van der Waals surface area contributed by atoms with Crippen LogP contribution in [0.3, 0.4) is 0 Å². The highest BCUT2D eigenvalue weighted by atomic mass is 16.2. The maximum absolute atomic E-state index is 11.4. The molecule has 1 amide bonds. The zero-order chi connectivity index (χ0) is 11.4. The van der Waals surface area contributed by atoms with Gasteiger partial charge < -0.3 is 0 Å². The van der Waals surface area contributed by atoms with Crippen LogP contribution >= 0.6 is 0 Å². The molecular formula is C12H18N2O. The lowest BCUT2D eigenvalue weighted by Crippen LogP contribution is -2.35. The summed E-state index contributed by atoms with van der Waals surface area (Å²) in [6.45, 7) is 6.15. The number of hydrogen-bond donors (Lipinski definition) is 2. The van der Waals surface area contributed by atoms with Crippen molar-refractivity contribution in [2.24, 2.45) is 0 Å². The van der Waals surface area contributed by atoms with Crippen molar-refractivity contribution < 1.29 is 4.79 Å². The highest BCUT2D eigenvalue weighted by molar-refractivity contribution is 5.78. The van der Waals surface area contributed by atoms with Crippen LogP contribution in [0.15, 0.2) is 12.1 Å². The highest BCUT2D eigenvalue weighted by Gasteiger charge is 2.08. The minimum Gasteiger partial charge on any atom is -0.292 e. The van der Waals surface area contributed by atoms with Crippen LogP contribution in [0.25, 0.3) is 0 Å². The van der Waals surface area contributed by atoms with Gasteiger partial charge in [-0.25, -0.2) is 5.43 Å². The fourth-order valence-corrected chi connectivity index (χ4v) is 1.83. The van der Waals surface area contributed by atoms with Gasteiger partial charge in [0, 0.05) is 7.05 Å². The van der Waals surface area contributed by atoms with Gasteiger partial charge in [-0.1, -0.05) is 17.7 Å². The standard InChI is InChI=1S/C12H18N2O/c1-8-5-9(2)11(10(3)6-8)7-12(15)14-13-4/h5-6,13H,7H2,1-4H3,(H,14,15). The van der Waals surface area contributed by atoms with Gasteiger partial charge in [-0.05, 0) is 37.5 Å². The molecule has 0 spiro atoms. The number of aryl methyl sites for hydroxylation is 3. The van der Waals surface area contributed by atoms with E-state index >= 15 is 0 Å². The van der Waals surface area contributed by atoms with Crippen molar-refractivity contribution >= 4 is 5.91 Å². The maximum atomic E-state index is 11.4. The number of hydrogen-bond acceptors (Lipinski definition) is 2. The molecule has 2 N–H and O–H groups in total. The van der Waals surface area contributed by atoms with Crippen LogP contribution < -0.4 is 10.9 Å². The summed E-state index contributed by atoms with van der Waals surface area (Å²) in [4.78, 5) is 11.4. The molecule has 0 aromatic heterocycles. The normalized spacial score (nSPS) is 10.1. The summed E-state index contributed by atoms with van der Waals surface area (Å²) in [5.74, 6) is -0.00690. The third-order valence-electron chi connectivity index (χ3n) is 2.44. The number of hydrazine groups is 1.